The first-order valence-electron chi connectivity index (χ1n) is 7.08. The van der Waals surface area contributed by atoms with Crippen LogP contribution in [0.4, 0.5) is 23.2 Å². The van der Waals surface area contributed by atoms with Gasteiger partial charge < -0.3 is 10.4 Å². The highest BCUT2D eigenvalue weighted by Gasteiger charge is 2.33. The topological polar surface area (TPSA) is 32.3 Å². The second-order valence-corrected chi connectivity index (χ2v) is 5.76. The van der Waals surface area contributed by atoms with Gasteiger partial charge in [0.2, 0.25) is 0 Å². The average Bonchev–Trinajstić information content (AvgIpc) is 2.46. The molecule has 0 aliphatic heterocycles. The number of hydrogen-bond donors (Lipinski definition) is 2. The molecular formula is C15H19F4NO. The molecule has 1 aliphatic rings. The fourth-order valence-corrected chi connectivity index (χ4v) is 2.81. The largest absolute Gasteiger partial charge is 0.416 e. The summed E-state index contributed by atoms with van der Waals surface area (Å²) in [5, 5.41) is 12.3. The van der Waals surface area contributed by atoms with Gasteiger partial charge in [0.1, 0.15) is 5.82 Å². The predicted octanol–water partition coefficient (Wildman–Crippen LogP) is 4.20. The summed E-state index contributed by atoms with van der Waals surface area (Å²) in [6.45, 7) is 0.238. The zero-order valence-electron chi connectivity index (χ0n) is 11.6. The van der Waals surface area contributed by atoms with E-state index in [2.05, 4.69) is 5.32 Å². The second kappa shape index (κ2) is 6.22. The SMILES string of the molecule is OCC1(CNc2cc(C(F)(F)F)ccc2F)CCCCC1. The van der Waals surface area contributed by atoms with E-state index in [9.17, 15) is 22.7 Å². The normalized spacial score (nSPS) is 18.5. The highest BCUT2D eigenvalue weighted by molar-refractivity contribution is 5.48. The molecule has 1 aliphatic carbocycles. The molecule has 6 heteroatoms. The summed E-state index contributed by atoms with van der Waals surface area (Å²) in [5.41, 5.74) is -1.41. The number of rotatable bonds is 4. The first-order chi connectivity index (χ1) is 9.86. The molecule has 1 saturated carbocycles. The van der Waals surface area contributed by atoms with Gasteiger partial charge in [0.15, 0.2) is 0 Å². The summed E-state index contributed by atoms with van der Waals surface area (Å²) in [7, 11) is 0. The summed E-state index contributed by atoms with van der Waals surface area (Å²) in [6, 6.07) is 2.32. The Hall–Kier alpha value is -1.30. The number of alkyl halides is 3. The maximum Gasteiger partial charge on any atom is 0.416 e. The standard InChI is InChI=1S/C15H19F4NO/c16-12-5-4-11(15(17,18)19)8-13(12)20-9-14(10-21)6-2-1-3-7-14/h4-5,8,20-21H,1-3,6-7,9-10H2. The van der Waals surface area contributed by atoms with E-state index >= 15 is 0 Å². The van der Waals surface area contributed by atoms with Crippen LogP contribution in [-0.4, -0.2) is 18.3 Å². The van der Waals surface area contributed by atoms with Gasteiger partial charge in [0.05, 0.1) is 17.9 Å². The van der Waals surface area contributed by atoms with Gasteiger partial charge in [-0.25, -0.2) is 4.39 Å². The molecule has 1 fully saturated rings. The van der Waals surface area contributed by atoms with Crippen molar-refractivity contribution in [1.29, 1.82) is 0 Å². The monoisotopic (exact) mass is 305 g/mol. The summed E-state index contributed by atoms with van der Waals surface area (Å²) in [5.74, 6) is -0.716. The van der Waals surface area contributed by atoms with Crippen molar-refractivity contribution in [3.05, 3.63) is 29.6 Å². The van der Waals surface area contributed by atoms with Crippen LogP contribution in [0.2, 0.25) is 0 Å². The lowest BCUT2D eigenvalue weighted by atomic mass is 9.74. The van der Waals surface area contributed by atoms with Crippen molar-refractivity contribution in [1.82, 2.24) is 0 Å². The lowest BCUT2D eigenvalue weighted by molar-refractivity contribution is -0.137. The number of aliphatic hydroxyl groups is 1. The molecular weight excluding hydrogens is 286 g/mol. The minimum atomic E-state index is -4.50. The van der Waals surface area contributed by atoms with Crippen LogP contribution in [0.1, 0.15) is 37.7 Å². The van der Waals surface area contributed by atoms with Crippen molar-refractivity contribution in [2.24, 2.45) is 5.41 Å². The molecule has 1 aromatic carbocycles. The van der Waals surface area contributed by atoms with Crippen molar-refractivity contribution >= 4 is 5.69 Å². The minimum Gasteiger partial charge on any atom is -0.396 e. The van der Waals surface area contributed by atoms with Gasteiger partial charge in [-0.2, -0.15) is 13.2 Å². The quantitative estimate of drug-likeness (QED) is 0.817. The van der Waals surface area contributed by atoms with Gasteiger partial charge in [0.25, 0.3) is 0 Å². The molecule has 1 aromatic rings. The fourth-order valence-electron chi connectivity index (χ4n) is 2.81. The Labute approximate surface area is 121 Å². The van der Waals surface area contributed by atoms with Crippen molar-refractivity contribution in [2.75, 3.05) is 18.5 Å². The maximum absolute atomic E-state index is 13.6. The van der Waals surface area contributed by atoms with E-state index in [0.29, 0.717) is 0 Å². The Morgan fingerprint density at radius 1 is 1.14 bits per heavy atom. The molecule has 2 rings (SSSR count). The number of halogens is 4. The van der Waals surface area contributed by atoms with Crippen LogP contribution in [0.25, 0.3) is 0 Å². The predicted molar refractivity (Wildman–Crippen MR) is 72.5 cm³/mol. The van der Waals surface area contributed by atoms with Gasteiger partial charge in [-0.1, -0.05) is 19.3 Å². The van der Waals surface area contributed by atoms with Crippen LogP contribution in [0.15, 0.2) is 18.2 Å². The Kier molecular flexibility index (Phi) is 4.76. The molecule has 2 nitrogen and oxygen atoms in total. The zero-order valence-corrected chi connectivity index (χ0v) is 11.6. The van der Waals surface area contributed by atoms with Crippen LogP contribution in [0, 0.1) is 11.2 Å². The Bertz CT molecular complexity index is 481. The van der Waals surface area contributed by atoms with E-state index < -0.39 is 17.6 Å². The Morgan fingerprint density at radius 3 is 2.38 bits per heavy atom. The summed E-state index contributed by atoms with van der Waals surface area (Å²) in [4.78, 5) is 0. The summed E-state index contributed by atoms with van der Waals surface area (Å²) in [6.07, 6.45) is 0.165. The highest BCUT2D eigenvalue weighted by Crippen LogP contribution is 2.37. The number of benzene rings is 1. The van der Waals surface area contributed by atoms with Crippen molar-refractivity contribution in [3.8, 4) is 0 Å². The molecule has 0 heterocycles. The van der Waals surface area contributed by atoms with Crippen LogP contribution in [0.5, 0.6) is 0 Å². The third kappa shape index (κ3) is 3.87. The lowest BCUT2D eigenvalue weighted by Crippen LogP contribution is -2.35. The van der Waals surface area contributed by atoms with E-state index in [4.69, 9.17) is 0 Å². The molecule has 0 aromatic heterocycles. The molecule has 0 radical (unpaired) electrons. The van der Waals surface area contributed by atoms with Crippen molar-refractivity contribution in [3.63, 3.8) is 0 Å². The molecule has 21 heavy (non-hydrogen) atoms. The first kappa shape index (κ1) is 16.1. The summed E-state index contributed by atoms with van der Waals surface area (Å²) >= 11 is 0. The number of hydrogen-bond acceptors (Lipinski definition) is 2. The van der Waals surface area contributed by atoms with Gasteiger partial charge in [-0.05, 0) is 31.0 Å². The molecule has 0 atom stereocenters. The minimum absolute atomic E-state index is 0.0411. The van der Waals surface area contributed by atoms with Crippen LogP contribution >= 0.6 is 0 Å². The Balaban J connectivity index is 2.11. The zero-order chi connectivity index (χ0) is 15.5. The third-order valence-electron chi connectivity index (χ3n) is 4.20. The van der Waals surface area contributed by atoms with Gasteiger partial charge in [-0.3, -0.25) is 0 Å². The van der Waals surface area contributed by atoms with Crippen molar-refractivity contribution < 1.29 is 22.7 Å². The van der Waals surface area contributed by atoms with E-state index in [-0.39, 0.29) is 24.3 Å². The smallest absolute Gasteiger partial charge is 0.396 e. The van der Waals surface area contributed by atoms with Crippen LogP contribution in [-0.2, 0) is 6.18 Å². The molecule has 118 valence electrons. The van der Waals surface area contributed by atoms with Crippen molar-refractivity contribution in [2.45, 2.75) is 38.3 Å². The molecule has 0 saturated heterocycles. The molecule has 0 amide bonds. The number of aliphatic hydroxyl groups excluding tert-OH is 1. The average molecular weight is 305 g/mol. The fraction of sp³-hybridized carbons (Fsp3) is 0.600. The van der Waals surface area contributed by atoms with E-state index in [1.165, 1.54) is 0 Å². The second-order valence-electron chi connectivity index (χ2n) is 5.76. The summed E-state index contributed by atoms with van der Waals surface area (Å²) < 4.78 is 51.6. The third-order valence-corrected chi connectivity index (χ3v) is 4.20. The van der Waals surface area contributed by atoms with E-state index in [1.807, 2.05) is 0 Å². The highest BCUT2D eigenvalue weighted by atomic mass is 19.4. The Morgan fingerprint density at radius 2 is 1.81 bits per heavy atom. The van der Waals surface area contributed by atoms with Crippen LogP contribution < -0.4 is 5.32 Å². The van der Waals surface area contributed by atoms with Gasteiger partial charge >= 0.3 is 6.18 Å². The van der Waals surface area contributed by atoms with E-state index in [1.54, 1.807) is 0 Å². The van der Waals surface area contributed by atoms with Gasteiger partial charge in [0, 0.05) is 12.0 Å². The molecule has 2 N–H and O–H groups in total. The maximum atomic E-state index is 13.6. The number of anilines is 1. The first-order valence-corrected chi connectivity index (χ1v) is 7.08. The van der Waals surface area contributed by atoms with E-state index in [0.717, 1.165) is 50.3 Å². The number of nitrogens with one attached hydrogen (secondary N) is 1. The molecule has 0 bridgehead atoms. The van der Waals surface area contributed by atoms with Gasteiger partial charge in [-0.15, -0.1) is 0 Å². The van der Waals surface area contributed by atoms with Crippen LogP contribution in [0.3, 0.4) is 0 Å². The lowest BCUT2D eigenvalue weighted by Gasteiger charge is -2.36. The molecule has 0 spiro atoms. The molecule has 0 unspecified atom stereocenters.